The van der Waals surface area contributed by atoms with Crippen molar-refractivity contribution in [2.24, 2.45) is 0 Å². The predicted octanol–water partition coefficient (Wildman–Crippen LogP) is 2.29. The van der Waals surface area contributed by atoms with Crippen LogP contribution in [-0.2, 0) is 10.0 Å². The second-order valence-electron chi connectivity index (χ2n) is 5.66. The Kier molecular flexibility index (Phi) is 5.68. The number of sulfonamides is 1. The number of fused-ring (bicyclic) bond motifs is 2. The SMILES string of the molecule is Cl.O=[N+]([O-])c1ccc(S(=O)(=O)N2CCC3CCC(C2)N3)cc1Br. The molecule has 2 saturated heterocycles. The summed E-state index contributed by atoms with van der Waals surface area (Å²) in [6.07, 6.45) is 2.88. The van der Waals surface area contributed by atoms with Crippen LogP contribution in [0.25, 0.3) is 0 Å². The lowest BCUT2D eigenvalue weighted by molar-refractivity contribution is -0.385. The van der Waals surface area contributed by atoms with E-state index in [4.69, 9.17) is 0 Å². The van der Waals surface area contributed by atoms with Crippen molar-refractivity contribution in [2.75, 3.05) is 13.1 Å². The first-order valence-corrected chi connectivity index (χ1v) is 9.31. The molecule has 2 unspecified atom stereocenters. The highest BCUT2D eigenvalue weighted by Crippen LogP contribution is 2.30. The van der Waals surface area contributed by atoms with Crippen LogP contribution in [0.4, 0.5) is 5.69 Å². The molecule has 0 aliphatic carbocycles. The van der Waals surface area contributed by atoms with Crippen LogP contribution < -0.4 is 5.32 Å². The molecule has 2 bridgehead atoms. The number of halogens is 2. The molecule has 2 aliphatic rings. The summed E-state index contributed by atoms with van der Waals surface area (Å²) in [4.78, 5) is 10.4. The monoisotopic (exact) mass is 425 g/mol. The van der Waals surface area contributed by atoms with Gasteiger partial charge in [-0.2, -0.15) is 4.31 Å². The number of hydrogen-bond acceptors (Lipinski definition) is 5. The van der Waals surface area contributed by atoms with Gasteiger partial charge >= 0.3 is 0 Å². The minimum atomic E-state index is -3.63. The Morgan fingerprint density at radius 1 is 1.26 bits per heavy atom. The summed E-state index contributed by atoms with van der Waals surface area (Å²) in [5, 5.41) is 14.3. The Bertz CT molecular complexity index is 715. The first-order valence-electron chi connectivity index (χ1n) is 7.08. The van der Waals surface area contributed by atoms with E-state index in [1.54, 1.807) is 0 Å². The zero-order valence-electron chi connectivity index (χ0n) is 12.1. The van der Waals surface area contributed by atoms with E-state index in [1.807, 2.05) is 0 Å². The average Bonchev–Trinajstić information content (AvgIpc) is 2.77. The highest BCUT2D eigenvalue weighted by Gasteiger charge is 2.35. The van der Waals surface area contributed by atoms with E-state index in [-0.39, 0.29) is 33.5 Å². The Hall–Kier alpha value is -0.740. The zero-order valence-corrected chi connectivity index (χ0v) is 15.4. The van der Waals surface area contributed by atoms with Crippen LogP contribution >= 0.6 is 28.3 Å². The molecule has 1 N–H and O–H groups in total. The number of nitrogens with one attached hydrogen (secondary N) is 1. The van der Waals surface area contributed by atoms with Crippen LogP contribution in [0.2, 0.25) is 0 Å². The van der Waals surface area contributed by atoms with E-state index in [0.717, 1.165) is 19.3 Å². The van der Waals surface area contributed by atoms with Gasteiger partial charge in [-0.25, -0.2) is 8.42 Å². The molecule has 2 atom stereocenters. The fourth-order valence-electron chi connectivity index (χ4n) is 3.07. The molecule has 0 amide bonds. The molecule has 23 heavy (non-hydrogen) atoms. The van der Waals surface area contributed by atoms with Gasteiger partial charge in [0, 0.05) is 31.2 Å². The Balaban J connectivity index is 0.00000192. The van der Waals surface area contributed by atoms with Crippen molar-refractivity contribution in [3.8, 4) is 0 Å². The van der Waals surface area contributed by atoms with E-state index in [1.165, 1.54) is 22.5 Å². The molecule has 0 aromatic heterocycles. The van der Waals surface area contributed by atoms with E-state index in [9.17, 15) is 18.5 Å². The first kappa shape index (κ1) is 18.6. The normalized spacial score (nSPS) is 24.7. The van der Waals surface area contributed by atoms with Gasteiger partial charge in [0.2, 0.25) is 10.0 Å². The topological polar surface area (TPSA) is 92.5 Å². The standard InChI is InChI=1S/C13H16BrN3O4S.ClH/c14-12-7-11(3-4-13(12)17(18)19)22(20,21)16-6-5-9-1-2-10(8-16)15-9;/h3-4,7,9-10,15H,1-2,5-6,8H2;1H. The predicted molar refractivity (Wildman–Crippen MR) is 91.4 cm³/mol. The smallest absolute Gasteiger partial charge is 0.283 e. The fraction of sp³-hybridized carbons (Fsp3) is 0.538. The second kappa shape index (κ2) is 7.02. The molecule has 1 aromatic carbocycles. The van der Waals surface area contributed by atoms with Crippen molar-refractivity contribution in [1.82, 2.24) is 9.62 Å². The molecule has 2 aliphatic heterocycles. The Morgan fingerprint density at radius 3 is 2.61 bits per heavy atom. The van der Waals surface area contributed by atoms with E-state index >= 15 is 0 Å². The summed E-state index contributed by atoms with van der Waals surface area (Å²) in [6, 6.07) is 4.43. The maximum atomic E-state index is 12.8. The quantitative estimate of drug-likeness (QED) is 0.591. The number of nitro groups is 1. The highest BCUT2D eigenvalue weighted by atomic mass is 79.9. The summed E-state index contributed by atoms with van der Waals surface area (Å²) in [5.41, 5.74) is -0.143. The lowest BCUT2D eigenvalue weighted by Gasteiger charge is -2.23. The van der Waals surface area contributed by atoms with Crippen LogP contribution in [0.15, 0.2) is 27.6 Å². The van der Waals surface area contributed by atoms with Crippen LogP contribution in [0.5, 0.6) is 0 Å². The molecule has 2 heterocycles. The third-order valence-electron chi connectivity index (χ3n) is 4.24. The highest BCUT2D eigenvalue weighted by molar-refractivity contribution is 9.10. The second-order valence-corrected chi connectivity index (χ2v) is 8.45. The molecule has 128 valence electrons. The summed E-state index contributed by atoms with van der Waals surface area (Å²) in [5.74, 6) is 0. The maximum Gasteiger partial charge on any atom is 0.283 e. The van der Waals surface area contributed by atoms with E-state index in [2.05, 4.69) is 21.2 Å². The molecule has 0 saturated carbocycles. The minimum absolute atomic E-state index is 0. The molecular formula is C13H17BrClN3O4S. The largest absolute Gasteiger partial charge is 0.310 e. The van der Waals surface area contributed by atoms with E-state index in [0.29, 0.717) is 19.1 Å². The van der Waals surface area contributed by atoms with Crippen molar-refractivity contribution in [1.29, 1.82) is 0 Å². The van der Waals surface area contributed by atoms with Crippen LogP contribution in [0.1, 0.15) is 19.3 Å². The van der Waals surface area contributed by atoms with Gasteiger partial charge in [0.15, 0.2) is 0 Å². The molecule has 0 spiro atoms. The summed E-state index contributed by atoms with van der Waals surface area (Å²) >= 11 is 3.08. The average molecular weight is 427 g/mol. The molecule has 0 radical (unpaired) electrons. The van der Waals surface area contributed by atoms with Gasteiger partial charge in [0.25, 0.3) is 5.69 Å². The molecule has 2 fully saturated rings. The number of nitro benzene ring substituents is 1. The van der Waals surface area contributed by atoms with Crippen LogP contribution in [-0.4, -0.2) is 42.8 Å². The number of benzene rings is 1. The molecule has 7 nitrogen and oxygen atoms in total. The third kappa shape index (κ3) is 3.69. The molecule has 3 rings (SSSR count). The van der Waals surface area contributed by atoms with Gasteiger partial charge in [-0.1, -0.05) is 0 Å². The first-order chi connectivity index (χ1) is 10.4. The van der Waals surface area contributed by atoms with Gasteiger partial charge in [-0.3, -0.25) is 10.1 Å². The maximum absolute atomic E-state index is 12.8. The lowest BCUT2D eigenvalue weighted by Crippen LogP contribution is -2.39. The minimum Gasteiger partial charge on any atom is -0.310 e. The zero-order chi connectivity index (χ0) is 15.9. The van der Waals surface area contributed by atoms with Crippen molar-refractivity contribution in [3.63, 3.8) is 0 Å². The van der Waals surface area contributed by atoms with Gasteiger partial charge in [-0.15, -0.1) is 12.4 Å². The molecule has 10 heteroatoms. The number of hydrogen-bond donors (Lipinski definition) is 1. The number of rotatable bonds is 3. The number of nitrogens with zero attached hydrogens (tertiary/aromatic N) is 2. The van der Waals surface area contributed by atoms with Gasteiger partial charge in [0.1, 0.15) is 0 Å². The van der Waals surface area contributed by atoms with Crippen LogP contribution in [0.3, 0.4) is 0 Å². The Labute approximate surface area is 149 Å². The summed E-state index contributed by atoms with van der Waals surface area (Å²) < 4.78 is 27.2. The van der Waals surface area contributed by atoms with Gasteiger partial charge in [0.05, 0.1) is 14.3 Å². The molecule has 1 aromatic rings. The van der Waals surface area contributed by atoms with Crippen molar-refractivity contribution < 1.29 is 13.3 Å². The van der Waals surface area contributed by atoms with Crippen molar-refractivity contribution in [3.05, 3.63) is 32.8 Å². The van der Waals surface area contributed by atoms with E-state index < -0.39 is 14.9 Å². The third-order valence-corrected chi connectivity index (χ3v) is 6.74. The fourth-order valence-corrected chi connectivity index (χ4v) is 5.28. The summed E-state index contributed by atoms with van der Waals surface area (Å²) in [7, 11) is -3.63. The lowest BCUT2D eigenvalue weighted by atomic mass is 10.1. The van der Waals surface area contributed by atoms with Crippen LogP contribution in [0, 0.1) is 10.1 Å². The van der Waals surface area contributed by atoms with Gasteiger partial charge < -0.3 is 5.32 Å². The van der Waals surface area contributed by atoms with Crippen molar-refractivity contribution >= 4 is 44.0 Å². The van der Waals surface area contributed by atoms with Crippen molar-refractivity contribution in [2.45, 2.75) is 36.2 Å². The summed E-state index contributed by atoms with van der Waals surface area (Å²) in [6.45, 7) is 0.929. The van der Waals surface area contributed by atoms with Gasteiger partial charge in [-0.05, 0) is 47.3 Å². The Morgan fingerprint density at radius 2 is 1.96 bits per heavy atom. The molecular weight excluding hydrogens is 410 g/mol.